The summed E-state index contributed by atoms with van der Waals surface area (Å²) < 4.78 is 6.95. The third-order valence-corrected chi connectivity index (χ3v) is 5.10. The van der Waals surface area contributed by atoms with E-state index in [0.29, 0.717) is 19.0 Å². The number of aryl methyl sites for hydroxylation is 1. The SMILES string of the molecule is Cc1nc2c(o1)CN(C(=O)OC(C)(C)C)C2.ClC(Cl)(Cl)C(Cl)(Cl)Cl. The standard InChI is InChI=1S/C11H16N2O3.C2Cl6/c1-7-12-8-5-13(6-9(8)15-7)10(14)16-11(2,3)4;3-1(4,5)2(6,7)8/h5-6H2,1-4H3;. The molecule has 138 valence electrons. The second kappa shape index (κ2) is 7.85. The van der Waals surface area contributed by atoms with Crippen LogP contribution in [0.3, 0.4) is 0 Å². The zero-order valence-electron chi connectivity index (χ0n) is 13.3. The van der Waals surface area contributed by atoms with Crippen molar-refractivity contribution in [3.05, 3.63) is 17.3 Å². The number of aromatic nitrogens is 1. The first kappa shape index (κ1) is 22.3. The van der Waals surface area contributed by atoms with Gasteiger partial charge in [-0.3, -0.25) is 4.90 Å². The molecule has 1 aromatic rings. The van der Waals surface area contributed by atoms with Crippen molar-refractivity contribution < 1.29 is 13.9 Å². The quantitative estimate of drug-likeness (QED) is 0.448. The highest BCUT2D eigenvalue weighted by atomic mass is 35.6. The molecule has 0 unspecified atom stereocenters. The fourth-order valence-electron chi connectivity index (χ4n) is 1.63. The lowest BCUT2D eigenvalue weighted by Gasteiger charge is -2.23. The van der Waals surface area contributed by atoms with Gasteiger partial charge in [0.15, 0.2) is 5.89 Å². The number of ether oxygens (including phenoxy) is 1. The topological polar surface area (TPSA) is 55.6 Å². The van der Waals surface area contributed by atoms with Crippen molar-refractivity contribution in [2.24, 2.45) is 0 Å². The number of alkyl halides is 6. The third-order valence-electron chi connectivity index (χ3n) is 2.53. The first-order valence-electron chi connectivity index (χ1n) is 6.66. The van der Waals surface area contributed by atoms with Crippen LogP contribution in [0.2, 0.25) is 0 Å². The molecule has 24 heavy (non-hydrogen) atoms. The minimum absolute atomic E-state index is 0.321. The summed E-state index contributed by atoms with van der Waals surface area (Å²) in [4.78, 5) is 17.5. The van der Waals surface area contributed by atoms with Crippen molar-refractivity contribution >= 4 is 75.7 Å². The molecule has 2 rings (SSSR count). The highest BCUT2D eigenvalue weighted by Gasteiger charge is 2.44. The molecule has 0 radical (unpaired) electrons. The van der Waals surface area contributed by atoms with Crippen molar-refractivity contribution in [1.82, 2.24) is 9.88 Å². The Labute approximate surface area is 170 Å². The minimum Gasteiger partial charge on any atom is -0.444 e. The predicted octanol–water partition coefficient (Wildman–Crippen LogP) is 5.96. The Kier molecular flexibility index (Phi) is 7.28. The fraction of sp³-hybridized carbons (Fsp3) is 0.692. The number of fused-ring (bicyclic) bond motifs is 1. The number of oxazole rings is 1. The Balaban J connectivity index is 0.000000307. The van der Waals surface area contributed by atoms with E-state index in [2.05, 4.69) is 4.98 Å². The highest BCUT2D eigenvalue weighted by Crippen LogP contribution is 2.48. The number of hydrogen-bond acceptors (Lipinski definition) is 4. The maximum absolute atomic E-state index is 11.7. The van der Waals surface area contributed by atoms with E-state index in [9.17, 15) is 4.79 Å². The lowest BCUT2D eigenvalue weighted by molar-refractivity contribution is 0.0231. The summed E-state index contributed by atoms with van der Waals surface area (Å²) in [5.41, 5.74) is 0.368. The number of rotatable bonds is 0. The van der Waals surface area contributed by atoms with Gasteiger partial charge in [0.25, 0.3) is 0 Å². The van der Waals surface area contributed by atoms with Gasteiger partial charge in [-0.1, -0.05) is 69.6 Å². The van der Waals surface area contributed by atoms with E-state index in [1.165, 1.54) is 0 Å². The van der Waals surface area contributed by atoms with Crippen LogP contribution in [0.5, 0.6) is 0 Å². The number of halogens is 6. The van der Waals surface area contributed by atoms with Gasteiger partial charge >= 0.3 is 6.09 Å². The smallest absolute Gasteiger partial charge is 0.411 e. The number of carbonyl (C=O) groups is 1. The molecule has 0 atom stereocenters. The van der Waals surface area contributed by atoms with Crippen LogP contribution in [0, 0.1) is 6.92 Å². The van der Waals surface area contributed by atoms with Crippen molar-refractivity contribution in [3.63, 3.8) is 0 Å². The lowest BCUT2D eigenvalue weighted by Crippen LogP contribution is -2.33. The van der Waals surface area contributed by atoms with E-state index in [1.54, 1.807) is 11.8 Å². The van der Waals surface area contributed by atoms with Gasteiger partial charge in [0, 0.05) is 6.92 Å². The third kappa shape index (κ3) is 6.85. The average Bonchev–Trinajstić information content (AvgIpc) is 2.81. The van der Waals surface area contributed by atoms with Crippen LogP contribution < -0.4 is 0 Å². The van der Waals surface area contributed by atoms with E-state index < -0.39 is 13.2 Å². The maximum Gasteiger partial charge on any atom is 0.411 e. The van der Waals surface area contributed by atoms with Gasteiger partial charge in [0.1, 0.15) is 17.1 Å². The number of nitrogens with zero attached hydrogens (tertiary/aromatic N) is 2. The van der Waals surface area contributed by atoms with Gasteiger partial charge in [-0.05, 0) is 20.8 Å². The van der Waals surface area contributed by atoms with Crippen LogP contribution in [-0.4, -0.2) is 29.2 Å². The van der Waals surface area contributed by atoms with Gasteiger partial charge in [-0.2, -0.15) is 0 Å². The molecule has 0 saturated carbocycles. The Morgan fingerprint density at radius 3 is 1.96 bits per heavy atom. The molecule has 5 nitrogen and oxygen atoms in total. The zero-order chi connectivity index (χ0) is 18.9. The van der Waals surface area contributed by atoms with Crippen molar-refractivity contribution in [3.8, 4) is 0 Å². The Morgan fingerprint density at radius 1 is 1.08 bits per heavy atom. The second-order valence-electron chi connectivity index (χ2n) is 5.93. The summed E-state index contributed by atoms with van der Waals surface area (Å²) in [7, 11) is 0. The average molecular weight is 461 g/mol. The van der Waals surface area contributed by atoms with Crippen molar-refractivity contribution in [2.45, 2.75) is 54.0 Å². The Bertz CT molecular complexity index is 550. The molecular formula is C13H16Cl6N2O3. The fourth-order valence-corrected chi connectivity index (χ4v) is 1.63. The molecule has 1 aromatic heterocycles. The summed E-state index contributed by atoms with van der Waals surface area (Å²) >= 11 is 30.9. The molecule has 1 amide bonds. The monoisotopic (exact) mass is 458 g/mol. The summed E-state index contributed by atoms with van der Waals surface area (Å²) in [5.74, 6) is 1.41. The van der Waals surface area contributed by atoms with Gasteiger partial charge in [-0.25, -0.2) is 9.78 Å². The van der Waals surface area contributed by atoms with Crippen LogP contribution in [-0.2, 0) is 17.8 Å². The number of hydrogen-bond donors (Lipinski definition) is 0. The van der Waals surface area contributed by atoms with Crippen LogP contribution in [0.15, 0.2) is 4.42 Å². The van der Waals surface area contributed by atoms with E-state index in [0.717, 1.165) is 11.5 Å². The van der Waals surface area contributed by atoms with Gasteiger partial charge in [0.2, 0.25) is 7.59 Å². The second-order valence-corrected chi connectivity index (χ2v) is 10.5. The first-order valence-corrected chi connectivity index (χ1v) is 8.93. The minimum atomic E-state index is -1.85. The molecule has 0 aromatic carbocycles. The Hall–Kier alpha value is 0.220. The van der Waals surface area contributed by atoms with Gasteiger partial charge in [-0.15, -0.1) is 0 Å². The Morgan fingerprint density at radius 2 is 1.58 bits per heavy atom. The molecule has 0 aliphatic carbocycles. The molecule has 0 saturated heterocycles. The number of amides is 1. The van der Waals surface area contributed by atoms with Crippen molar-refractivity contribution in [2.75, 3.05) is 0 Å². The van der Waals surface area contributed by atoms with E-state index in [4.69, 9.17) is 78.8 Å². The molecule has 0 N–H and O–H groups in total. The summed E-state index contributed by atoms with van der Waals surface area (Å²) in [6.45, 7) is 8.27. The molecule has 1 aliphatic heterocycles. The molecule has 1 aliphatic rings. The largest absolute Gasteiger partial charge is 0.444 e. The van der Waals surface area contributed by atoms with Crippen molar-refractivity contribution in [1.29, 1.82) is 0 Å². The van der Waals surface area contributed by atoms with Gasteiger partial charge < -0.3 is 9.15 Å². The van der Waals surface area contributed by atoms with Crippen LogP contribution in [0.25, 0.3) is 0 Å². The van der Waals surface area contributed by atoms with Crippen LogP contribution >= 0.6 is 69.6 Å². The van der Waals surface area contributed by atoms with Crippen LogP contribution in [0.1, 0.15) is 38.1 Å². The van der Waals surface area contributed by atoms with E-state index in [-0.39, 0.29) is 6.09 Å². The molecule has 2 heterocycles. The number of carbonyl (C=O) groups excluding carboxylic acids is 1. The predicted molar refractivity (Wildman–Crippen MR) is 97.3 cm³/mol. The maximum atomic E-state index is 11.7. The summed E-state index contributed by atoms with van der Waals surface area (Å²) in [6, 6.07) is 0. The normalized spacial score (nSPS) is 14.8. The lowest BCUT2D eigenvalue weighted by atomic mass is 10.2. The summed E-state index contributed by atoms with van der Waals surface area (Å²) in [6.07, 6.45) is -0.321. The molecule has 0 bridgehead atoms. The van der Waals surface area contributed by atoms with E-state index in [1.807, 2.05) is 20.8 Å². The zero-order valence-corrected chi connectivity index (χ0v) is 17.8. The highest BCUT2D eigenvalue weighted by molar-refractivity contribution is 6.83. The van der Waals surface area contributed by atoms with Crippen LogP contribution in [0.4, 0.5) is 4.79 Å². The van der Waals surface area contributed by atoms with Gasteiger partial charge in [0.05, 0.1) is 13.1 Å². The van der Waals surface area contributed by atoms with E-state index >= 15 is 0 Å². The first-order chi connectivity index (χ1) is 10.6. The molecule has 11 heteroatoms. The molecule has 0 fully saturated rings. The molecule has 0 spiro atoms. The molecular weight excluding hydrogens is 445 g/mol. The summed E-state index contributed by atoms with van der Waals surface area (Å²) in [5, 5.41) is 0.